The van der Waals surface area contributed by atoms with E-state index in [1.165, 1.54) is 6.92 Å². The predicted octanol–water partition coefficient (Wildman–Crippen LogP) is -0.871. The molecule has 61 valence electrons. The average Bonchev–Trinajstić information content (AvgIpc) is 1.84. The van der Waals surface area contributed by atoms with Gasteiger partial charge in [-0.3, -0.25) is 0 Å². The van der Waals surface area contributed by atoms with E-state index in [-0.39, 0.29) is 16.2 Å². The van der Waals surface area contributed by atoms with Crippen molar-refractivity contribution in [2.24, 2.45) is 0 Å². The minimum absolute atomic E-state index is 0.185. The van der Waals surface area contributed by atoms with Crippen molar-refractivity contribution < 1.29 is 35.3 Å². The first-order valence-electron chi connectivity index (χ1n) is 3.02. The van der Waals surface area contributed by atoms with Gasteiger partial charge in [-0.2, -0.15) is 0 Å². The van der Waals surface area contributed by atoms with Gasteiger partial charge in [0.25, 0.3) is 0 Å². The van der Waals surface area contributed by atoms with E-state index >= 15 is 0 Å². The maximum absolute atomic E-state index is 10.4. The fourth-order valence-corrected chi connectivity index (χ4v) is 1.07. The minimum atomic E-state index is -0.587. The summed E-state index contributed by atoms with van der Waals surface area (Å²) < 4.78 is 0.185. The van der Waals surface area contributed by atoms with Crippen molar-refractivity contribution in [3.05, 3.63) is 0 Å². The van der Waals surface area contributed by atoms with Gasteiger partial charge in [-0.1, -0.05) is 0 Å². The zero-order chi connectivity index (χ0) is 8.85. The molecule has 0 saturated heterocycles. The molecule has 0 unspecified atom stereocenters. The van der Waals surface area contributed by atoms with Gasteiger partial charge in [-0.05, 0) is 0 Å². The van der Waals surface area contributed by atoms with Gasteiger partial charge in [-0.15, -0.1) is 0 Å². The number of aliphatic hydroxyl groups is 1. The van der Waals surface area contributed by atoms with E-state index in [9.17, 15) is 9.59 Å². The molecule has 1 atom stereocenters. The third-order valence-corrected chi connectivity index (χ3v) is 1.40. The van der Waals surface area contributed by atoms with E-state index in [0.29, 0.717) is 6.29 Å². The van der Waals surface area contributed by atoms with Gasteiger partial charge in [0.15, 0.2) is 0 Å². The normalized spacial score (nSPS) is 11.7. The summed E-state index contributed by atoms with van der Waals surface area (Å²) in [6, 6.07) is -0.587. The van der Waals surface area contributed by atoms with E-state index in [0.717, 1.165) is 20.6 Å². The molecule has 0 heterocycles. The van der Waals surface area contributed by atoms with Crippen LogP contribution in [0.25, 0.3) is 0 Å². The van der Waals surface area contributed by atoms with Gasteiger partial charge in [0, 0.05) is 0 Å². The Morgan fingerprint density at radius 3 is 2.64 bits per heavy atom. The van der Waals surface area contributed by atoms with E-state index in [1.807, 2.05) is 0 Å². The second-order valence-electron chi connectivity index (χ2n) is 2.06. The molecule has 0 radical (unpaired) electrons. The fourth-order valence-electron chi connectivity index (χ4n) is 0.591. The van der Waals surface area contributed by atoms with Gasteiger partial charge in [0.2, 0.25) is 0 Å². The molecule has 1 amide bonds. The Labute approximate surface area is 76.4 Å². The molecule has 0 aromatic rings. The van der Waals surface area contributed by atoms with Crippen LogP contribution in [0, 0.1) is 0 Å². The molecule has 0 aliphatic rings. The van der Waals surface area contributed by atoms with Gasteiger partial charge < -0.3 is 0 Å². The molecule has 0 saturated carbocycles. The molecule has 0 aromatic carbocycles. The number of aliphatic hydroxyl groups excluding tert-OH is 1. The van der Waals surface area contributed by atoms with Crippen LogP contribution < -0.4 is 5.32 Å². The summed E-state index contributed by atoms with van der Waals surface area (Å²) in [5.74, 6) is -0.269. The van der Waals surface area contributed by atoms with Crippen LogP contribution in [0.5, 0.6) is 0 Å². The molecule has 11 heavy (non-hydrogen) atoms. The molecule has 2 N–H and O–H groups in total. The number of amides is 1. The third kappa shape index (κ3) is 6.12. The van der Waals surface area contributed by atoms with Gasteiger partial charge >= 0.3 is 76.1 Å². The zero-order valence-electron chi connectivity index (χ0n) is 6.07. The number of rotatable bonds is 4. The van der Waals surface area contributed by atoms with Crippen LogP contribution in [-0.4, -0.2) is 27.3 Å². The van der Waals surface area contributed by atoms with Crippen molar-refractivity contribution in [2.75, 3.05) is 0 Å². The molecule has 0 aliphatic heterocycles. The summed E-state index contributed by atoms with van der Waals surface area (Å²) in [5.41, 5.74) is 0. The van der Waals surface area contributed by atoms with Crippen LogP contribution in [0.15, 0.2) is 0 Å². The van der Waals surface area contributed by atoms with Crippen LogP contribution in [0.3, 0.4) is 0 Å². The topological polar surface area (TPSA) is 66.4 Å². The van der Waals surface area contributed by atoms with Crippen LogP contribution in [0.4, 0.5) is 0 Å². The van der Waals surface area contributed by atoms with Gasteiger partial charge in [0.05, 0.1) is 0 Å². The van der Waals surface area contributed by atoms with Crippen LogP contribution in [0.2, 0.25) is 0 Å². The average molecular weight is 236 g/mol. The monoisotopic (exact) mass is 236 g/mol. The van der Waals surface area contributed by atoms with Crippen LogP contribution in [0.1, 0.15) is 13.3 Å². The molecule has 0 aliphatic carbocycles. The van der Waals surface area contributed by atoms with Gasteiger partial charge in [0.1, 0.15) is 0 Å². The summed E-state index contributed by atoms with van der Waals surface area (Å²) in [4.78, 5) is 20.7. The number of carbonyl (C=O) groups excluding carboxylic acids is 2. The summed E-state index contributed by atoms with van der Waals surface area (Å²) in [5, 5.41) is 11.2. The van der Waals surface area contributed by atoms with Crippen molar-refractivity contribution in [3.63, 3.8) is 0 Å². The molecular formula is C6H9NNbO3. The first-order valence-corrected chi connectivity index (χ1v) is 4.12. The van der Waals surface area contributed by atoms with E-state index in [4.69, 9.17) is 5.11 Å². The predicted molar refractivity (Wildman–Crippen MR) is 35.2 cm³/mol. The molecule has 0 fully saturated rings. The summed E-state index contributed by atoms with van der Waals surface area (Å²) in [6.45, 7) is 1.33. The Kier molecular flexibility index (Phi) is 5.23. The molecule has 0 bridgehead atoms. The number of hydrogen-bond acceptors (Lipinski definition) is 3. The summed E-state index contributed by atoms with van der Waals surface area (Å²) >= 11 is 1.14. The van der Waals surface area contributed by atoms with Crippen molar-refractivity contribution in [1.82, 2.24) is 5.32 Å². The Hall–Kier alpha value is -0.290. The molecule has 0 aromatic heterocycles. The number of aldehydes is 1. The number of carbonyl (C=O) groups is 2. The summed E-state index contributed by atoms with van der Waals surface area (Å²) in [7, 11) is 0. The Balaban J connectivity index is 3.85. The summed E-state index contributed by atoms with van der Waals surface area (Å²) in [6.07, 6.45) is 0.812. The number of hydrogen-bond donors (Lipinski definition) is 2. The van der Waals surface area contributed by atoms with E-state index in [2.05, 4.69) is 5.32 Å². The quantitative estimate of drug-likeness (QED) is 0.492. The Bertz CT molecular complexity index is 165. The molecule has 4 nitrogen and oxygen atoms in total. The second kappa shape index (κ2) is 5.37. The van der Waals surface area contributed by atoms with Crippen molar-refractivity contribution >= 4 is 16.1 Å². The molecular weight excluding hydrogens is 227 g/mol. The zero-order valence-corrected chi connectivity index (χ0v) is 8.27. The Morgan fingerprint density at radius 1 is 1.82 bits per heavy atom. The maximum atomic E-state index is 10.4. The van der Waals surface area contributed by atoms with E-state index < -0.39 is 6.04 Å². The first kappa shape index (κ1) is 10.7. The fraction of sp³-hybridized carbons (Fsp3) is 0.500. The van der Waals surface area contributed by atoms with Crippen molar-refractivity contribution in [3.8, 4) is 0 Å². The standard InChI is InChI=1S/C6H9NO3.Nb/c1-5(10)7-6(4-9)2-3-8;/h4,6,8H,2H2,1H3,(H,7,10);/t6-;/m0./s1. The molecule has 5 heteroatoms. The molecule has 0 spiro atoms. The third-order valence-electron chi connectivity index (χ3n) is 0.955. The Morgan fingerprint density at radius 2 is 2.36 bits per heavy atom. The van der Waals surface area contributed by atoms with Crippen LogP contribution >= 0.6 is 0 Å². The SMILES string of the molecule is CC(=O)N[C@H](C=O)C[C](O)=[Nb]. The van der Waals surface area contributed by atoms with Gasteiger partial charge in [-0.25, -0.2) is 0 Å². The second-order valence-corrected chi connectivity index (χ2v) is 3.33. The first-order chi connectivity index (χ1) is 5.06. The van der Waals surface area contributed by atoms with Crippen molar-refractivity contribution in [1.29, 1.82) is 0 Å². The van der Waals surface area contributed by atoms with Crippen molar-refractivity contribution in [2.45, 2.75) is 19.4 Å². The van der Waals surface area contributed by atoms with Crippen LogP contribution in [-0.2, 0) is 30.2 Å². The van der Waals surface area contributed by atoms with E-state index in [1.54, 1.807) is 0 Å². The number of nitrogens with one attached hydrogen (secondary N) is 1. The molecule has 0 rings (SSSR count).